The first-order valence-electron chi connectivity index (χ1n) is 8.41. The maximum absolute atomic E-state index is 14.4. The van der Waals surface area contributed by atoms with Crippen LogP contribution in [0.4, 0.5) is 4.39 Å². The zero-order valence-electron chi connectivity index (χ0n) is 14.7. The van der Waals surface area contributed by atoms with Crippen LogP contribution < -0.4 is 10.5 Å². The molecule has 3 heterocycles. The molecule has 0 radical (unpaired) electrons. The van der Waals surface area contributed by atoms with Gasteiger partial charge in [0.25, 0.3) is 0 Å². The van der Waals surface area contributed by atoms with Crippen molar-refractivity contribution < 1.29 is 14.2 Å². The minimum atomic E-state index is -0.608. The van der Waals surface area contributed by atoms with Crippen LogP contribution in [0.3, 0.4) is 0 Å². The first-order chi connectivity index (χ1) is 13.9. The molecule has 1 atom stereocenters. The number of nitrogens with two attached hydrogens (primary N) is 1. The zero-order chi connectivity index (χ0) is 20.5. The molecule has 29 heavy (non-hydrogen) atoms. The molecule has 4 rings (SSSR count). The summed E-state index contributed by atoms with van der Waals surface area (Å²) in [5.41, 5.74) is 7.39. The second-order valence-electron chi connectivity index (χ2n) is 6.17. The van der Waals surface area contributed by atoms with E-state index < -0.39 is 11.9 Å². The van der Waals surface area contributed by atoms with Crippen LogP contribution in [0.2, 0.25) is 5.02 Å². The van der Waals surface area contributed by atoms with Gasteiger partial charge in [0.1, 0.15) is 23.0 Å². The Morgan fingerprint density at radius 3 is 2.86 bits per heavy atom. The van der Waals surface area contributed by atoms with Crippen molar-refractivity contribution in [2.45, 2.75) is 6.04 Å². The van der Waals surface area contributed by atoms with Crippen molar-refractivity contribution in [2.24, 2.45) is 5.73 Å². The average Bonchev–Trinajstić information content (AvgIpc) is 3.34. The van der Waals surface area contributed by atoms with E-state index in [4.69, 9.17) is 27.2 Å². The Morgan fingerprint density at radius 1 is 1.28 bits per heavy atom. The second-order valence-corrected chi connectivity index (χ2v) is 8.47. The molecule has 0 fully saturated rings. The number of aliphatic hydroxyl groups is 1. The minimum Gasteiger partial charge on any atom is -0.489 e. The number of ether oxygens (including phenoxy) is 1. The summed E-state index contributed by atoms with van der Waals surface area (Å²) in [6.45, 7) is -0.295. The van der Waals surface area contributed by atoms with Gasteiger partial charge in [-0.3, -0.25) is 0 Å². The number of pyridine rings is 1. The number of benzene rings is 1. The number of aliphatic hydroxyl groups excluding tert-OH is 1. The first-order valence-corrected chi connectivity index (χ1v) is 10.4. The molecule has 0 bridgehead atoms. The Morgan fingerprint density at radius 2 is 2.07 bits per heavy atom. The van der Waals surface area contributed by atoms with Crippen molar-refractivity contribution in [3.8, 4) is 27.0 Å². The molecule has 3 aromatic heterocycles. The summed E-state index contributed by atoms with van der Waals surface area (Å²) in [7, 11) is 0. The van der Waals surface area contributed by atoms with Gasteiger partial charge in [0.2, 0.25) is 0 Å². The third kappa shape index (κ3) is 4.26. The molecule has 1 unspecified atom stereocenters. The lowest BCUT2D eigenvalue weighted by atomic mass is 10.2. The molecule has 0 spiro atoms. The summed E-state index contributed by atoms with van der Waals surface area (Å²) in [6.07, 6.45) is 3.73. The third-order valence-corrected chi connectivity index (χ3v) is 5.76. The lowest BCUT2D eigenvalue weighted by Gasteiger charge is -2.12. The largest absolute Gasteiger partial charge is 0.489 e. The van der Waals surface area contributed by atoms with Crippen LogP contribution in [0, 0.1) is 5.82 Å². The maximum atomic E-state index is 14.4. The molecular formula is C18H14BrClFN5O2S. The average molecular weight is 499 g/mol. The van der Waals surface area contributed by atoms with Crippen molar-refractivity contribution in [3.05, 3.63) is 52.0 Å². The van der Waals surface area contributed by atoms with Gasteiger partial charge in [0.15, 0.2) is 16.6 Å². The molecule has 150 valence electrons. The minimum absolute atomic E-state index is 0.0317. The predicted molar refractivity (Wildman–Crippen MR) is 113 cm³/mol. The van der Waals surface area contributed by atoms with E-state index in [1.54, 1.807) is 0 Å². The van der Waals surface area contributed by atoms with E-state index in [0.717, 1.165) is 10.1 Å². The number of nitrogens with zero attached hydrogens (tertiary/aromatic N) is 4. The van der Waals surface area contributed by atoms with Crippen LogP contribution in [0.15, 0.2) is 41.1 Å². The Bertz CT molecular complexity index is 1180. The normalized spacial score (nSPS) is 12.4. The summed E-state index contributed by atoms with van der Waals surface area (Å²) in [5.74, 6) is -0.651. The summed E-state index contributed by atoms with van der Waals surface area (Å²) in [5, 5.41) is 18.6. The molecular weight excluding hydrogens is 485 g/mol. The molecule has 1 aromatic carbocycles. The van der Waals surface area contributed by atoms with E-state index in [9.17, 15) is 4.39 Å². The molecule has 7 nitrogen and oxygen atoms in total. The highest BCUT2D eigenvalue weighted by atomic mass is 79.9. The topological polar surface area (TPSA) is 98.6 Å². The number of imidazole rings is 1. The van der Waals surface area contributed by atoms with Crippen LogP contribution in [-0.2, 0) is 0 Å². The predicted octanol–water partition coefficient (Wildman–Crippen LogP) is 3.77. The molecule has 0 aliphatic carbocycles. The van der Waals surface area contributed by atoms with Gasteiger partial charge in [0, 0.05) is 28.5 Å². The second kappa shape index (κ2) is 8.33. The van der Waals surface area contributed by atoms with Gasteiger partial charge in [-0.25, -0.2) is 9.37 Å². The van der Waals surface area contributed by atoms with E-state index >= 15 is 0 Å². The first kappa shape index (κ1) is 20.2. The van der Waals surface area contributed by atoms with Crippen LogP contribution >= 0.6 is 38.9 Å². The molecule has 11 heteroatoms. The van der Waals surface area contributed by atoms with Gasteiger partial charge in [0.05, 0.1) is 17.7 Å². The van der Waals surface area contributed by atoms with Gasteiger partial charge < -0.3 is 20.0 Å². The van der Waals surface area contributed by atoms with Crippen molar-refractivity contribution >= 4 is 44.5 Å². The summed E-state index contributed by atoms with van der Waals surface area (Å²) < 4.78 is 22.5. The molecule has 0 aliphatic rings. The van der Waals surface area contributed by atoms with Gasteiger partial charge in [-0.15, -0.1) is 10.2 Å². The highest BCUT2D eigenvalue weighted by Crippen LogP contribution is 2.37. The lowest BCUT2D eigenvalue weighted by molar-refractivity contribution is 0.202. The van der Waals surface area contributed by atoms with Gasteiger partial charge >= 0.3 is 0 Å². The molecule has 0 amide bonds. The van der Waals surface area contributed by atoms with Crippen molar-refractivity contribution in [1.82, 2.24) is 19.6 Å². The van der Waals surface area contributed by atoms with E-state index in [1.165, 1.54) is 23.5 Å². The van der Waals surface area contributed by atoms with Crippen molar-refractivity contribution in [1.29, 1.82) is 0 Å². The number of halogens is 3. The highest BCUT2D eigenvalue weighted by molar-refractivity contribution is 9.10. The van der Waals surface area contributed by atoms with Crippen LogP contribution in [-0.4, -0.2) is 43.9 Å². The van der Waals surface area contributed by atoms with Gasteiger partial charge in [-0.2, -0.15) is 0 Å². The van der Waals surface area contributed by atoms with E-state index in [-0.39, 0.29) is 24.0 Å². The monoisotopic (exact) mass is 497 g/mol. The Balaban J connectivity index is 1.62. The Labute approximate surface area is 182 Å². The van der Waals surface area contributed by atoms with Crippen LogP contribution in [0.5, 0.6) is 5.75 Å². The maximum Gasteiger partial charge on any atom is 0.168 e. The van der Waals surface area contributed by atoms with Crippen LogP contribution in [0.25, 0.3) is 26.9 Å². The van der Waals surface area contributed by atoms with E-state index in [2.05, 4.69) is 31.1 Å². The smallest absolute Gasteiger partial charge is 0.168 e. The third-order valence-electron chi connectivity index (χ3n) is 4.00. The fraction of sp³-hybridized carbons (Fsp3) is 0.167. The van der Waals surface area contributed by atoms with Crippen LogP contribution in [0.1, 0.15) is 0 Å². The Kier molecular flexibility index (Phi) is 5.79. The summed E-state index contributed by atoms with van der Waals surface area (Å²) in [6, 6.07) is 5.78. The fourth-order valence-electron chi connectivity index (χ4n) is 2.56. The van der Waals surface area contributed by atoms with E-state index in [1.807, 2.05) is 28.9 Å². The molecule has 3 N–H and O–H groups in total. The standard InChI is InChI=1S/C18H14BrClFN5O2S/c19-9-1-2-16-23-14(6-26(16)5-9)18-25-24-17(29-18)11-3-13(21)15(4-12(11)20)28-8-10(22)7-27/h1-6,10,27H,7-8,22H2. The van der Waals surface area contributed by atoms with Crippen molar-refractivity contribution in [3.63, 3.8) is 0 Å². The molecule has 0 saturated carbocycles. The summed E-state index contributed by atoms with van der Waals surface area (Å²) in [4.78, 5) is 4.52. The molecule has 4 aromatic rings. The summed E-state index contributed by atoms with van der Waals surface area (Å²) >= 11 is 11.0. The van der Waals surface area contributed by atoms with Gasteiger partial charge in [-0.1, -0.05) is 22.9 Å². The molecule has 0 saturated heterocycles. The number of hydrogen-bond acceptors (Lipinski definition) is 7. The number of aromatic nitrogens is 4. The zero-order valence-corrected chi connectivity index (χ0v) is 17.9. The fourth-order valence-corrected chi connectivity index (χ4v) is 4.04. The quantitative estimate of drug-likeness (QED) is 0.420. The number of fused-ring (bicyclic) bond motifs is 1. The number of hydrogen-bond donors (Lipinski definition) is 2. The Hall–Kier alpha value is -2.11. The highest BCUT2D eigenvalue weighted by Gasteiger charge is 2.17. The van der Waals surface area contributed by atoms with E-state index in [0.29, 0.717) is 21.3 Å². The number of rotatable bonds is 6. The van der Waals surface area contributed by atoms with Gasteiger partial charge in [-0.05, 0) is 34.1 Å². The van der Waals surface area contributed by atoms with Crippen molar-refractivity contribution in [2.75, 3.05) is 13.2 Å². The SMILES string of the molecule is NC(CO)COc1cc(Cl)c(-c2nnc(-c3cn4cc(Br)ccc4n3)s2)cc1F. The lowest BCUT2D eigenvalue weighted by Crippen LogP contribution is -2.31. The molecule has 0 aliphatic heterocycles.